The molecule has 0 spiro atoms. The molecule has 24 heavy (non-hydrogen) atoms. The summed E-state index contributed by atoms with van der Waals surface area (Å²) in [4.78, 5) is 23.4. The number of carbonyl (C=O) groups excluding carboxylic acids is 1. The van der Waals surface area contributed by atoms with Gasteiger partial charge in [-0.15, -0.1) is 0 Å². The fourth-order valence-electron chi connectivity index (χ4n) is 3.59. The van der Waals surface area contributed by atoms with Crippen molar-refractivity contribution in [2.75, 3.05) is 6.54 Å². The predicted octanol–water partition coefficient (Wildman–Crippen LogP) is 2.77. The normalized spacial score (nSPS) is 17.4. The molecule has 3 rings (SSSR count). The molecule has 2 aromatic heterocycles. The van der Waals surface area contributed by atoms with Gasteiger partial charge in [0.15, 0.2) is 0 Å². The van der Waals surface area contributed by atoms with Crippen LogP contribution in [0.25, 0.3) is 0 Å². The highest BCUT2D eigenvalue weighted by Crippen LogP contribution is 2.22. The number of nitrogens with zero attached hydrogens (tertiary/aromatic N) is 4. The molecule has 1 atom stereocenters. The molecule has 1 saturated heterocycles. The molecular weight excluding hydrogens is 300 g/mol. The van der Waals surface area contributed by atoms with Crippen molar-refractivity contribution in [1.29, 1.82) is 0 Å². The lowest BCUT2D eigenvalue weighted by molar-refractivity contribution is -0.132. The Labute approximate surface area is 143 Å². The number of amides is 1. The van der Waals surface area contributed by atoms with Crippen LogP contribution in [0.2, 0.25) is 0 Å². The van der Waals surface area contributed by atoms with E-state index in [1.807, 2.05) is 23.9 Å². The van der Waals surface area contributed by atoms with Gasteiger partial charge in [0.05, 0.1) is 0 Å². The minimum absolute atomic E-state index is 0.219. The zero-order chi connectivity index (χ0) is 16.9. The summed E-state index contributed by atoms with van der Waals surface area (Å²) in [6.07, 6.45) is 10.7. The Bertz CT molecular complexity index is 694. The topological polar surface area (TPSA) is 51.0 Å². The Morgan fingerprint density at radius 2 is 2.21 bits per heavy atom. The van der Waals surface area contributed by atoms with E-state index in [1.165, 1.54) is 5.56 Å². The van der Waals surface area contributed by atoms with E-state index in [-0.39, 0.29) is 5.91 Å². The van der Waals surface area contributed by atoms with Gasteiger partial charge in [0.2, 0.25) is 5.91 Å². The van der Waals surface area contributed by atoms with Gasteiger partial charge in [0, 0.05) is 43.3 Å². The first-order valence-electron chi connectivity index (χ1n) is 8.88. The summed E-state index contributed by atoms with van der Waals surface area (Å²) in [6, 6.07) is 4.58. The maximum atomic E-state index is 12.7. The summed E-state index contributed by atoms with van der Waals surface area (Å²) in [5.41, 5.74) is 2.36. The molecule has 0 aromatic carbocycles. The first-order chi connectivity index (χ1) is 11.7. The Kier molecular flexibility index (Phi) is 5.28. The van der Waals surface area contributed by atoms with E-state index < -0.39 is 0 Å². The molecule has 0 N–H and O–H groups in total. The van der Waals surface area contributed by atoms with Crippen LogP contribution < -0.4 is 0 Å². The SMILES string of the molecule is CCc1nccn1CC(=O)N1CCC[C@@H]1CCc1ccnc(C)c1. The van der Waals surface area contributed by atoms with Crippen molar-refractivity contribution < 1.29 is 4.79 Å². The molecule has 0 saturated carbocycles. The van der Waals surface area contributed by atoms with Gasteiger partial charge in [0.25, 0.3) is 0 Å². The summed E-state index contributed by atoms with van der Waals surface area (Å²) in [7, 11) is 0. The van der Waals surface area contributed by atoms with Gasteiger partial charge < -0.3 is 9.47 Å². The highest BCUT2D eigenvalue weighted by Gasteiger charge is 2.28. The van der Waals surface area contributed by atoms with Gasteiger partial charge >= 0.3 is 0 Å². The molecule has 2 aromatic rings. The van der Waals surface area contributed by atoms with Gasteiger partial charge in [0.1, 0.15) is 12.4 Å². The Morgan fingerprint density at radius 3 is 3.00 bits per heavy atom. The molecule has 3 heterocycles. The van der Waals surface area contributed by atoms with Crippen molar-refractivity contribution in [1.82, 2.24) is 19.4 Å². The predicted molar refractivity (Wildman–Crippen MR) is 93.6 cm³/mol. The van der Waals surface area contributed by atoms with Crippen LogP contribution in [0, 0.1) is 6.92 Å². The van der Waals surface area contributed by atoms with Crippen molar-refractivity contribution in [2.45, 2.75) is 58.5 Å². The Balaban J connectivity index is 1.59. The minimum atomic E-state index is 0.219. The van der Waals surface area contributed by atoms with Crippen LogP contribution in [0.3, 0.4) is 0 Å². The number of aromatic nitrogens is 3. The maximum Gasteiger partial charge on any atom is 0.242 e. The van der Waals surface area contributed by atoms with Gasteiger partial charge in [-0.05, 0) is 50.3 Å². The van der Waals surface area contributed by atoms with Gasteiger partial charge in [-0.2, -0.15) is 0 Å². The van der Waals surface area contributed by atoms with E-state index in [0.717, 1.165) is 50.2 Å². The summed E-state index contributed by atoms with van der Waals surface area (Å²) >= 11 is 0. The molecule has 1 amide bonds. The second-order valence-corrected chi connectivity index (χ2v) is 6.55. The minimum Gasteiger partial charge on any atom is -0.338 e. The fourth-order valence-corrected chi connectivity index (χ4v) is 3.59. The highest BCUT2D eigenvalue weighted by atomic mass is 16.2. The summed E-state index contributed by atoms with van der Waals surface area (Å²) in [5, 5.41) is 0. The van der Waals surface area contributed by atoms with E-state index in [9.17, 15) is 4.79 Å². The number of pyridine rings is 1. The second-order valence-electron chi connectivity index (χ2n) is 6.55. The van der Waals surface area contributed by atoms with Crippen LogP contribution in [0.4, 0.5) is 0 Å². The van der Waals surface area contributed by atoms with E-state index in [1.54, 1.807) is 6.20 Å². The van der Waals surface area contributed by atoms with E-state index in [2.05, 4.69) is 33.9 Å². The highest BCUT2D eigenvalue weighted by molar-refractivity contribution is 5.76. The van der Waals surface area contributed by atoms with E-state index in [0.29, 0.717) is 12.6 Å². The monoisotopic (exact) mass is 326 g/mol. The molecule has 5 heteroatoms. The molecule has 128 valence electrons. The summed E-state index contributed by atoms with van der Waals surface area (Å²) < 4.78 is 1.98. The number of hydrogen-bond donors (Lipinski definition) is 0. The number of aryl methyl sites for hydroxylation is 3. The first kappa shape index (κ1) is 16.7. The number of likely N-dealkylation sites (tertiary alicyclic amines) is 1. The number of rotatable bonds is 6. The molecule has 0 bridgehead atoms. The summed E-state index contributed by atoms with van der Waals surface area (Å²) in [5.74, 6) is 1.20. The van der Waals surface area contributed by atoms with Crippen LogP contribution in [0.1, 0.15) is 43.3 Å². The van der Waals surface area contributed by atoms with Gasteiger partial charge in [-0.1, -0.05) is 6.92 Å². The molecule has 1 aliphatic heterocycles. The third-order valence-electron chi connectivity index (χ3n) is 4.85. The molecule has 0 radical (unpaired) electrons. The van der Waals surface area contributed by atoms with Crippen molar-refractivity contribution in [2.24, 2.45) is 0 Å². The summed E-state index contributed by atoms with van der Waals surface area (Å²) in [6.45, 7) is 5.38. The van der Waals surface area contributed by atoms with Crippen LogP contribution >= 0.6 is 0 Å². The lowest BCUT2D eigenvalue weighted by Gasteiger charge is -2.25. The molecule has 5 nitrogen and oxygen atoms in total. The fraction of sp³-hybridized carbons (Fsp3) is 0.526. The molecular formula is C19H26N4O. The molecule has 0 aliphatic carbocycles. The van der Waals surface area contributed by atoms with E-state index in [4.69, 9.17) is 0 Å². The smallest absolute Gasteiger partial charge is 0.242 e. The molecule has 1 aliphatic rings. The number of imidazole rings is 1. The van der Waals surface area contributed by atoms with Gasteiger partial charge in [-0.25, -0.2) is 4.98 Å². The van der Waals surface area contributed by atoms with Crippen molar-refractivity contribution >= 4 is 5.91 Å². The quantitative estimate of drug-likeness (QED) is 0.820. The first-order valence-corrected chi connectivity index (χ1v) is 8.88. The standard InChI is InChI=1S/C19H26N4O/c1-3-18-21-10-12-22(18)14-19(24)23-11-4-5-17(23)7-6-16-8-9-20-15(2)13-16/h8-10,12-13,17H,3-7,11,14H2,1-2H3/t17-/m1/s1. The number of hydrogen-bond acceptors (Lipinski definition) is 3. The second kappa shape index (κ2) is 7.60. The van der Waals surface area contributed by atoms with Crippen LogP contribution in [0.15, 0.2) is 30.7 Å². The Hall–Kier alpha value is -2.17. The third-order valence-corrected chi connectivity index (χ3v) is 4.85. The van der Waals surface area contributed by atoms with Crippen LogP contribution in [0.5, 0.6) is 0 Å². The zero-order valence-electron chi connectivity index (χ0n) is 14.6. The lowest BCUT2D eigenvalue weighted by Crippen LogP contribution is -2.38. The number of carbonyl (C=O) groups is 1. The third kappa shape index (κ3) is 3.83. The van der Waals surface area contributed by atoms with Crippen molar-refractivity contribution in [3.63, 3.8) is 0 Å². The molecule has 1 fully saturated rings. The van der Waals surface area contributed by atoms with Crippen LogP contribution in [-0.4, -0.2) is 37.9 Å². The lowest BCUT2D eigenvalue weighted by atomic mass is 10.0. The average molecular weight is 326 g/mol. The average Bonchev–Trinajstić information content (AvgIpc) is 3.21. The van der Waals surface area contributed by atoms with Crippen molar-refractivity contribution in [3.05, 3.63) is 47.8 Å². The zero-order valence-corrected chi connectivity index (χ0v) is 14.6. The van der Waals surface area contributed by atoms with Gasteiger partial charge in [-0.3, -0.25) is 9.78 Å². The maximum absolute atomic E-state index is 12.7. The van der Waals surface area contributed by atoms with E-state index >= 15 is 0 Å². The van der Waals surface area contributed by atoms with Crippen molar-refractivity contribution in [3.8, 4) is 0 Å². The Morgan fingerprint density at radius 1 is 1.33 bits per heavy atom. The van der Waals surface area contributed by atoms with Crippen LogP contribution in [-0.2, 0) is 24.2 Å². The molecule has 0 unspecified atom stereocenters. The largest absolute Gasteiger partial charge is 0.338 e.